The van der Waals surface area contributed by atoms with E-state index >= 15 is 0 Å². The van der Waals surface area contributed by atoms with Gasteiger partial charge in [0.05, 0.1) is 6.61 Å². The second kappa shape index (κ2) is 7.45. The van der Waals surface area contributed by atoms with Gasteiger partial charge < -0.3 is 15.3 Å². The highest BCUT2D eigenvalue weighted by atomic mass is 16.3. The first kappa shape index (κ1) is 15.1. The van der Waals surface area contributed by atoms with E-state index in [0.717, 1.165) is 16.8 Å². The minimum Gasteiger partial charge on any atom is -0.395 e. The van der Waals surface area contributed by atoms with Crippen LogP contribution in [0.1, 0.15) is 6.92 Å². The first-order chi connectivity index (χ1) is 10.2. The van der Waals surface area contributed by atoms with Crippen molar-refractivity contribution in [3.63, 3.8) is 0 Å². The number of hydrogen-bond donors (Lipinski definition) is 2. The smallest absolute Gasteiger partial charge is 0.321 e. The van der Waals surface area contributed by atoms with Crippen LogP contribution in [0.15, 0.2) is 54.6 Å². The van der Waals surface area contributed by atoms with Crippen LogP contribution < -0.4 is 5.32 Å². The van der Waals surface area contributed by atoms with Crippen molar-refractivity contribution in [2.75, 3.05) is 25.0 Å². The third-order valence-corrected chi connectivity index (χ3v) is 3.28. The Hall–Kier alpha value is -2.33. The zero-order valence-corrected chi connectivity index (χ0v) is 12.1. The van der Waals surface area contributed by atoms with E-state index in [0.29, 0.717) is 13.1 Å². The molecular weight excluding hydrogens is 264 g/mol. The lowest BCUT2D eigenvalue weighted by atomic mass is 10.1. The predicted octanol–water partition coefficient (Wildman–Crippen LogP) is 3.20. The summed E-state index contributed by atoms with van der Waals surface area (Å²) >= 11 is 0. The lowest BCUT2D eigenvalue weighted by Gasteiger charge is -2.20. The number of nitrogens with one attached hydrogen (secondary N) is 1. The molecule has 0 aliphatic rings. The van der Waals surface area contributed by atoms with E-state index < -0.39 is 0 Å². The number of amides is 2. The monoisotopic (exact) mass is 284 g/mol. The molecule has 0 aliphatic heterocycles. The molecule has 2 aromatic rings. The van der Waals surface area contributed by atoms with Crippen molar-refractivity contribution >= 4 is 11.7 Å². The van der Waals surface area contributed by atoms with Crippen molar-refractivity contribution in [1.82, 2.24) is 4.90 Å². The van der Waals surface area contributed by atoms with Crippen LogP contribution in [0.25, 0.3) is 11.1 Å². The highest BCUT2D eigenvalue weighted by Crippen LogP contribution is 2.21. The van der Waals surface area contributed by atoms with Crippen molar-refractivity contribution in [3.8, 4) is 11.1 Å². The van der Waals surface area contributed by atoms with Crippen LogP contribution in [0.2, 0.25) is 0 Å². The molecule has 0 heterocycles. The van der Waals surface area contributed by atoms with Gasteiger partial charge in [0.15, 0.2) is 0 Å². The van der Waals surface area contributed by atoms with Crippen molar-refractivity contribution in [1.29, 1.82) is 0 Å². The van der Waals surface area contributed by atoms with Gasteiger partial charge in [-0.15, -0.1) is 0 Å². The Bertz CT molecular complexity index is 567. The number of urea groups is 1. The normalized spacial score (nSPS) is 10.2. The predicted molar refractivity (Wildman–Crippen MR) is 85.2 cm³/mol. The number of benzene rings is 2. The van der Waals surface area contributed by atoms with Crippen LogP contribution in [-0.4, -0.2) is 35.7 Å². The molecule has 2 N–H and O–H groups in total. The van der Waals surface area contributed by atoms with Gasteiger partial charge in [0.25, 0.3) is 0 Å². The molecule has 4 heteroatoms. The summed E-state index contributed by atoms with van der Waals surface area (Å²) in [6.45, 7) is 2.75. The van der Waals surface area contributed by atoms with Crippen LogP contribution in [0.4, 0.5) is 10.5 Å². The number of nitrogens with zero attached hydrogens (tertiary/aromatic N) is 1. The number of hydrogen-bond acceptors (Lipinski definition) is 2. The molecule has 0 saturated carbocycles. The van der Waals surface area contributed by atoms with Crippen molar-refractivity contribution in [2.24, 2.45) is 0 Å². The van der Waals surface area contributed by atoms with Crippen LogP contribution in [0, 0.1) is 0 Å². The summed E-state index contributed by atoms with van der Waals surface area (Å²) in [4.78, 5) is 13.6. The highest BCUT2D eigenvalue weighted by molar-refractivity contribution is 5.89. The first-order valence-electron chi connectivity index (χ1n) is 7.07. The Morgan fingerprint density at radius 3 is 2.24 bits per heavy atom. The largest absolute Gasteiger partial charge is 0.395 e. The fourth-order valence-electron chi connectivity index (χ4n) is 2.10. The number of aliphatic hydroxyl groups excluding tert-OH is 1. The quantitative estimate of drug-likeness (QED) is 0.886. The fourth-order valence-corrected chi connectivity index (χ4v) is 2.10. The Kier molecular flexibility index (Phi) is 5.35. The van der Waals surface area contributed by atoms with Crippen LogP contribution in [0.5, 0.6) is 0 Å². The Labute approximate surface area is 125 Å². The molecule has 21 heavy (non-hydrogen) atoms. The van der Waals surface area contributed by atoms with E-state index in [-0.39, 0.29) is 12.6 Å². The topological polar surface area (TPSA) is 52.6 Å². The van der Waals surface area contributed by atoms with Gasteiger partial charge in [-0.25, -0.2) is 4.79 Å². The summed E-state index contributed by atoms with van der Waals surface area (Å²) in [7, 11) is 0. The second-order valence-corrected chi connectivity index (χ2v) is 4.68. The molecule has 0 atom stereocenters. The lowest BCUT2D eigenvalue weighted by Crippen LogP contribution is -2.36. The van der Waals surface area contributed by atoms with Crippen LogP contribution >= 0.6 is 0 Å². The van der Waals surface area contributed by atoms with E-state index in [2.05, 4.69) is 5.32 Å². The molecule has 0 radical (unpaired) electrons. The minimum absolute atomic E-state index is 0.0335. The maximum absolute atomic E-state index is 12.0. The average Bonchev–Trinajstić information content (AvgIpc) is 2.54. The van der Waals surface area contributed by atoms with Crippen molar-refractivity contribution < 1.29 is 9.90 Å². The highest BCUT2D eigenvalue weighted by Gasteiger charge is 2.10. The molecule has 0 unspecified atom stereocenters. The molecule has 0 fully saturated rings. The molecule has 2 rings (SSSR count). The van der Waals surface area contributed by atoms with Gasteiger partial charge in [-0.2, -0.15) is 0 Å². The molecule has 2 amide bonds. The summed E-state index contributed by atoms with van der Waals surface area (Å²) in [6, 6.07) is 17.6. The molecule has 110 valence electrons. The van der Waals surface area contributed by atoms with Gasteiger partial charge in [-0.1, -0.05) is 42.5 Å². The number of aliphatic hydroxyl groups is 1. The molecule has 0 bridgehead atoms. The Morgan fingerprint density at radius 1 is 1.05 bits per heavy atom. The number of carbonyl (C=O) groups excluding carboxylic acids is 1. The van der Waals surface area contributed by atoms with E-state index in [1.807, 2.05) is 61.5 Å². The molecular formula is C17H20N2O2. The van der Waals surface area contributed by atoms with Gasteiger partial charge in [0, 0.05) is 18.8 Å². The Morgan fingerprint density at radius 2 is 1.67 bits per heavy atom. The van der Waals surface area contributed by atoms with Crippen molar-refractivity contribution in [2.45, 2.75) is 6.92 Å². The summed E-state index contributed by atoms with van der Waals surface area (Å²) in [5.41, 5.74) is 3.00. The third kappa shape index (κ3) is 4.07. The van der Waals surface area contributed by atoms with E-state index in [1.165, 1.54) is 0 Å². The van der Waals surface area contributed by atoms with Crippen LogP contribution in [-0.2, 0) is 0 Å². The SMILES string of the molecule is CCN(CCO)C(=O)Nc1ccc(-c2ccccc2)cc1. The third-order valence-electron chi connectivity index (χ3n) is 3.28. The summed E-state index contributed by atoms with van der Waals surface area (Å²) < 4.78 is 0. The van der Waals surface area contributed by atoms with E-state index in [4.69, 9.17) is 5.11 Å². The van der Waals surface area contributed by atoms with Gasteiger partial charge in [-0.05, 0) is 30.2 Å². The number of carbonyl (C=O) groups is 1. The molecule has 0 aliphatic carbocycles. The lowest BCUT2D eigenvalue weighted by molar-refractivity contribution is 0.192. The molecule has 2 aromatic carbocycles. The minimum atomic E-state index is -0.195. The van der Waals surface area contributed by atoms with Crippen molar-refractivity contribution in [3.05, 3.63) is 54.6 Å². The molecule has 0 aromatic heterocycles. The van der Waals surface area contributed by atoms with E-state index in [1.54, 1.807) is 4.90 Å². The summed E-state index contributed by atoms with van der Waals surface area (Å²) in [5, 5.41) is 11.8. The molecule has 0 spiro atoms. The van der Waals surface area contributed by atoms with Gasteiger partial charge in [0.2, 0.25) is 0 Å². The van der Waals surface area contributed by atoms with Gasteiger partial charge in [0.1, 0.15) is 0 Å². The number of rotatable bonds is 5. The Balaban J connectivity index is 2.04. The maximum atomic E-state index is 12.0. The zero-order chi connectivity index (χ0) is 15.1. The standard InChI is InChI=1S/C17H20N2O2/c1-2-19(12-13-20)17(21)18-16-10-8-15(9-11-16)14-6-4-3-5-7-14/h3-11,20H,2,12-13H2,1H3,(H,18,21). The fraction of sp³-hybridized carbons (Fsp3) is 0.235. The molecule has 4 nitrogen and oxygen atoms in total. The maximum Gasteiger partial charge on any atom is 0.321 e. The number of likely N-dealkylation sites (N-methyl/N-ethyl adjacent to an activating group) is 1. The van der Waals surface area contributed by atoms with Crippen LogP contribution in [0.3, 0.4) is 0 Å². The average molecular weight is 284 g/mol. The van der Waals surface area contributed by atoms with E-state index in [9.17, 15) is 4.79 Å². The zero-order valence-electron chi connectivity index (χ0n) is 12.1. The number of anilines is 1. The first-order valence-corrected chi connectivity index (χ1v) is 7.07. The van der Waals surface area contributed by atoms with Gasteiger partial charge in [-0.3, -0.25) is 0 Å². The summed E-state index contributed by atoms with van der Waals surface area (Å²) in [6.07, 6.45) is 0. The summed E-state index contributed by atoms with van der Waals surface area (Å²) in [5.74, 6) is 0. The van der Waals surface area contributed by atoms with Gasteiger partial charge >= 0.3 is 6.03 Å². The second-order valence-electron chi connectivity index (χ2n) is 4.68. The molecule has 0 saturated heterocycles.